The van der Waals surface area contributed by atoms with Crippen LogP contribution in [0.2, 0.25) is 0 Å². The SMILES string of the molecule is Cc1ccc(-c2coc(-c3ccc(C)cc3)n2)cc1. The number of oxazole rings is 1. The van der Waals surface area contributed by atoms with Gasteiger partial charge in [0.2, 0.25) is 5.89 Å². The summed E-state index contributed by atoms with van der Waals surface area (Å²) in [5.74, 6) is 0.663. The van der Waals surface area contributed by atoms with Crippen LogP contribution in [0.25, 0.3) is 22.7 Å². The molecule has 3 rings (SSSR count). The van der Waals surface area contributed by atoms with Gasteiger partial charge in [-0.15, -0.1) is 0 Å². The number of aryl methyl sites for hydroxylation is 2. The molecular weight excluding hydrogens is 234 g/mol. The first-order valence-corrected chi connectivity index (χ1v) is 6.32. The van der Waals surface area contributed by atoms with Gasteiger partial charge in [0.1, 0.15) is 12.0 Å². The van der Waals surface area contributed by atoms with Crippen LogP contribution in [0.1, 0.15) is 11.1 Å². The first-order chi connectivity index (χ1) is 9.22. The highest BCUT2D eigenvalue weighted by Crippen LogP contribution is 2.24. The van der Waals surface area contributed by atoms with Crippen LogP contribution in [-0.2, 0) is 0 Å². The predicted molar refractivity (Wildman–Crippen MR) is 76.8 cm³/mol. The largest absolute Gasteiger partial charge is 0.444 e. The molecule has 94 valence electrons. The number of benzene rings is 2. The molecule has 19 heavy (non-hydrogen) atoms. The number of aromatic nitrogens is 1. The lowest BCUT2D eigenvalue weighted by atomic mass is 10.1. The molecular formula is C17H15NO. The third-order valence-electron chi connectivity index (χ3n) is 3.15. The lowest BCUT2D eigenvalue weighted by Crippen LogP contribution is -1.81. The fourth-order valence-corrected chi connectivity index (χ4v) is 1.96. The van der Waals surface area contributed by atoms with Gasteiger partial charge in [0.05, 0.1) is 0 Å². The zero-order valence-corrected chi connectivity index (χ0v) is 11.1. The molecule has 0 saturated carbocycles. The Bertz CT molecular complexity index is 618. The standard InChI is InChI=1S/C17H15NO/c1-12-3-7-14(8-4-12)16-11-19-17(18-16)15-9-5-13(2)6-10-15/h3-11H,1-2H3. The Hall–Kier alpha value is -2.35. The van der Waals surface area contributed by atoms with Crippen LogP contribution in [0.15, 0.2) is 59.2 Å². The molecule has 0 unspecified atom stereocenters. The third-order valence-corrected chi connectivity index (χ3v) is 3.15. The van der Waals surface area contributed by atoms with Gasteiger partial charge in [-0.2, -0.15) is 0 Å². The molecule has 0 aliphatic carbocycles. The number of rotatable bonds is 2. The van der Waals surface area contributed by atoms with Crippen LogP contribution >= 0.6 is 0 Å². The van der Waals surface area contributed by atoms with Crippen LogP contribution in [0, 0.1) is 13.8 Å². The van der Waals surface area contributed by atoms with Crippen molar-refractivity contribution in [2.75, 3.05) is 0 Å². The molecule has 0 N–H and O–H groups in total. The van der Waals surface area contributed by atoms with E-state index in [1.54, 1.807) is 6.26 Å². The topological polar surface area (TPSA) is 26.0 Å². The lowest BCUT2D eigenvalue weighted by molar-refractivity contribution is 0.575. The van der Waals surface area contributed by atoms with E-state index in [-0.39, 0.29) is 0 Å². The van der Waals surface area contributed by atoms with E-state index in [1.165, 1.54) is 11.1 Å². The Labute approximate surface area is 112 Å². The van der Waals surface area contributed by atoms with Crippen LogP contribution in [-0.4, -0.2) is 4.98 Å². The van der Waals surface area contributed by atoms with Gasteiger partial charge in [-0.3, -0.25) is 0 Å². The summed E-state index contributed by atoms with van der Waals surface area (Å²) in [6.45, 7) is 4.14. The van der Waals surface area contributed by atoms with Gasteiger partial charge in [0.25, 0.3) is 0 Å². The molecule has 0 radical (unpaired) electrons. The van der Waals surface area contributed by atoms with Crippen LogP contribution in [0.4, 0.5) is 0 Å². The average molecular weight is 249 g/mol. The van der Waals surface area contributed by atoms with Gasteiger partial charge in [0.15, 0.2) is 0 Å². The van der Waals surface area contributed by atoms with Crippen molar-refractivity contribution in [2.45, 2.75) is 13.8 Å². The highest BCUT2D eigenvalue weighted by Gasteiger charge is 2.07. The maximum absolute atomic E-state index is 5.56. The Morgan fingerprint density at radius 1 is 0.737 bits per heavy atom. The summed E-state index contributed by atoms with van der Waals surface area (Å²) in [4.78, 5) is 4.54. The fraction of sp³-hybridized carbons (Fsp3) is 0.118. The van der Waals surface area contributed by atoms with Crippen molar-refractivity contribution in [3.05, 3.63) is 65.9 Å². The quantitative estimate of drug-likeness (QED) is 0.662. The molecule has 0 aliphatic heterocycles. The van der Waals surface area contributed by atoms with Crippen molar-refractivity contribution in [3.8, 4) is 22.7 Å². The molecule has 1 aromatic heterocycles. The van der Waals surface area contributed by atoms with Gasteiger partial charge >= 0.3 is 0 Å². The molecule has 2 aromatic carbocycles. The molecule has 0 fully saturated rings. The molecule has 1 heterocycles. The van der Waals surface area contributed by atoms with E-state index in [1.807, 2.05) is 12.1 Å². The molecule has 2 nitrogen and oxygen atoms in total. The molecule has 0 amide bonds. The summed E-state index contributed by atoms with van der Waals surface area (Å²) >= 11 is 0. The first-order valence-electron chi connectivity index (χ1n) is 6.32. The van der Waals surface area contributed by atoms with E-state index in [0.717, 1.165) is 16.8 Å². The van der Waals surface area contributed by atoms with Crippen molar-refractivity contribution in [1.82, 2.24) is 4.98 Å². The first kappa shape index (κ1) is 11.7. The second kappa shape index (κ2) is 4.73. The zero-order valence-electron chi connectivity index (χ0n) is 11.1. The summed E-state index contributed by atoms with van der Waals surface area (Å²) in [7, 11) is 0. The minimum Gasteiger partial charge on any atom is -0.444 e. The minimum absolute atomic E-state index is 0.663. The Morgan fingerprint density at radius 3 is 1.84 bits per heavy atom. The van der Waals surface area contributed by atoms with Crippen LogP contribution < -0.4 is 0 Å². The van der Waals surface area contributed by atoms with Crippen molar-refractivity contribution < 1.29 is 4.42 Å². The maximum Gasteiger partial charge on any atom is 0.226 e. The molecule has 3 aromatic rings. The van der Waals surface area contributed by atoms with E-state index in [2.05, 4.69) is 55.2 Å². The van der Waals surface area contributed by atoms with Crippen LogP contribution in [0.3, 0.4) is 0 Å². The smallest absolute Gasteiger partial charge is 0.226 e. The summed E-state index contributed by atoms with van der Waals surface area (Å²) in [6.07, 6.45) is 1.71. The summed E-state index contributed by atoms with van der Waals surface area (Å²) in [5, 5.41) is 0. The second-order valence-corrected chi connectivity index (χ2v) is 4.77. The molecule has 0 aliphatic rings. The lowest BCUT2D eigenvalue weighted by Gasteiger charge is -1.97. The second-order valence-electron chi connectivity index (χ2n) is 4.77. The Morgan fingerprint density at radius 2 is 1.26 bits per heavy atom. The minimum atomic E-state index is 0.663. The van der Waals surface area contributed by atoms with E-state index < -0.39 is 0 Å². The average Bonchev–Trinajstić information content (AvgIpc) is 2.90. The molecule has 0 spiro atoms. The zero-order chi connectivity index (χ0) is 13.2. The Balaban J connectivity index is 1.95. The number of hydrogen-bond acceptors (Lipinski definition) is 2. The van der Waals surface area contributed by atoms with Gasteiger partial charge < -0.3 is 4.42 Å². The molecule has 0 bridgehead atoms. The number of nitrogens with zero attached hydrogens (tertiary/aromatic N) is 1. The van der Waals surface area contributed by atoms with E-state index in [4.69, 9.17) is 4.42 Å². The maximum atomic E-state index is 5.56. The highest BCUT2D eigenvalue weighted by atomic mass is 16.3. The molecule has 0 saturated heterocycles. The van der Waals surface area contributed by atoms with Gasteiger partial charge in [0, 0.05) is 11.1 Å². The number of hydrogen-bond donors (Lipinski definition) is 0. The fourth-order valence-electron chi connectivity index (χ4n) is 1.96. The normalized spacial score (nSPS) is 10.6. The van der Waals surface area contributed by atoms with Crippen LogP contribution in [0.5, 0.6) is 0 Å². The van der Waals surface area contributed by atoms with Gasteiger partial charge in [-0.25, -0.2) is 4.98 Å². The molecule has 2 heteroatoms. The van der Waals surface area contributed by atoms with E-state index in [9.17, 15) is 0 Å². The van der Waals surface area contributed by atoms with E-state index >= 15 is 0 Å². The summed E-state index contributed by atoms with van der Waals surface area (Å²) in [5.41, 5.74) is 5.42. The van der Waals surface area contributed by atoms with Crippen molar-refractivity contribution in [1.29, 1.82) is 0 Å². The predicted octanol–water partition coefficient (Wildman–Crippen LogP) is 4.63. The molecule has 0 atom stereocenters. The van der Waals surface area contributed by atoms with Crippen molar-refractivity contribution >= 4 is 0 Å². The van der Waals surface area contributed by atoms with Gasteiger partial charge in [-0.1, -0.05) is 47.5 Å². The summed E-state index contributed by atoms with van der Waals surface area (Å²) in [6, 6.07) is 16.5. The van der Waals surface area contributed by atoms with Crippen molar-refractivity contribution in [2.24, 2.45) is 0 Å². The highest BCUT2D eigenvalue weighted by molar-refractivity contribution is 5.63. The van der Waals surface area contributed by atoms with Crippen molar-refractivity contribution in [3.63, 3.8) is 0 Å². The monoisotopic (exact) mass is 249 g/mol. The third kappa shape index (κ3) is 2.43. The van der Waals surface area contributed by atoms with E-state index in [0.29, 0.717) is 5.89 Å². The summed E-state index contributed by atoms with van der Waals surface area (Å²) < 4.78 is 5.56. The Kier molecular flexibility index (Phi) is 2.92. The van der Waals surface area contributed by atoms with Gasteiger partial charge in [-0.05, 0) is 26.0 Å².